The summed E-state index contributed by atoms with van der Waals surface area (Å²) in [5, 5.41) is 0. The third kappa shape index (κ3) is 4.02. The van der Waals surface area contributed by atoms with Gasteiger partial charge in [-0.15, -0.1) is 0 Å². The van der Waals surface area contributed by atoms with Crippen LogP contribution in [0.15, 0.2) is 24.3 Å². The normalized spacial score (nSPS) is 17.7. The van der Waals surface area contributed by atoms with Crippen LogP contribution in [0.1, 0.15) is 24.9 Å². The van der Waals surface area contributed by atoms with E-state index in [0.717, 1.165) is 18.7 Å². The van der Waals surface area contributed by atoms with Crippen molar-refractivity contribution in [1.29, 1.82) is 0 Å². The topological polar surface area (TPSA) is 38.8 Å². The SMILES string of the molecule is CCOC(=O)CC(c1ccc(F)cc1)N1CCOCC1. The maximum atomic E-state index is 13.1. The molecule has 1 aromatic rings. The molecule has 1 atom stereocenters. The molecular weight excluding hydrogens is 261 g/mol. The van der Waals surface area contributed by atoms with Crippen LogP contribution in [-0.4, -0.2) is 43.8 Å². The molecule has 1 aliphatic rings. The van der Waals surface area contributed by atoms with Gasteiger partial charge in [-0.3, -0.25) is 9.69 Å². The van der Waals surface area contributed by atoms with Gasteiger partial charge in [0, 0.05) is 19.1 Å². The Labute approximate surface area is 118 Å². The highest BCUT2D eigenvalue weighted by Gasteiger charge is 2.25. The van der Waals surface area contributed by atoms with Crippen molar-refractivity contribution in [3.63, 3.8) is 0 Å². The molecule has 1 aliphatic heterocycles. The molecule has 0 saturated carbocycles. The Kier molecular flexibility index (Phi) is 5.49. The average Bonchev–Trinajstić information content (AvgIpc) is 2.47. The van der Waals surface area contributed by atoms with Gasteiger partial charge in [-0.25, -0.2) is 4.39 Å². The van der Waals surface area contributed by atoms with Crippen molar-refractivity contribution in [3.05, 3.63) is 35.6 Å². The van der Waals surface area contributed by atoms with Crippen molar-refractivity contribution in [1.82, 2.24) is 4.90 Å². The Balaban J connectivity index is 2.13. The van der Waals surface area contributed by atoms with E-state index in [4.69, 9.17) is 9.47 Å². The lowest BCUT2D eigenvalue weighted by Crippen LogP contribution is -2.40. The van der Waals surface area contributed by atoms with Crippen molar-refractivity contribution in [2.75, 3.05) is 32.9 Å². The van der Waals surface area contributed by atoms with Crippen LogP contribution in [0, 0.1) is 5.82 Å². The minimum absolute atomic E-state index is 0.0847. The van der Waals surface area contributed by atoms with E-state index < -0.39 is 0 Å². The van der Waals surface area contributed by atoms with Gasteiger partial charge in [0.2, 0.25) is 0 Å². The predicted molar refractivity (Wildman–Crippen MR) is 72.8 cm³/mol. The Bertz CT molecular complexity index is 429. The van der Waals surface area contributed by atoms with E-state index in [2.05, 4.69) is 4.90 Å². The van der Waals surface area contributed by atoms with Gasteiger partial charge in [0.15, 0.2) is 0 Å². The first-order valence-electron chi connectivity index (χ1n) is 6.93. The quantitative estimate of drug-likeness (QED) is 0.775. The number of carbonyl (C=O) groups excluding carboxylic acids is 1. The second kappa shape index (κ2) is 7.36. The summed E-state index contributed by atoms with van der Waals surface area (Å²) in [4.78, 5) is 14.0. The molecule has 4 nitrogen and oxygen atoms in total. The van der Waals surface area contributed by atoms with Gasteiger partial charge in [0.1, 0.15) is 5.82 Å². The summed E-state index contributed by atoms with van der Waals surface area (Å²) in [6, 6.07) is 6.23. The van der Waals surface area contributed by atoms with Crippen LogP contribution >= 0.6 is 0 Å². The van der Waals surface area contributed by atoms with Gasteiger partial charge in [0.25, 0.3) is 0 Å². The summed E-state index contributed by atoms with van der Waals surface area (Å²) in [6.07, 6.45) is 0.277. The zero-order chi connectivity index (χ0) is 14.4. The second-order valence-electron chi connectivity index (χ2n) is 4.72. The number of halogens is 1. The van der Waals surface area contributed by atoms with Gasteiger partial charge in [0.05, 0.1) is 26.2 Å². The fourth-order valence-electron chi connectivity index (χ4n) is 2.41. The van der Waals surface area contributed by atoms with E-state index in [-0.39, 0.29) is 24.2 Å². The molecule has 1 heterocycles. The van der Waals surface area contributed by atoms with Crippen molar-refractivity contribution in [2.24, 2.45) is 0 Å². The van der Waals surface area contributed by atoms with Crippen LogP contribution in [-0.2, 0) is 14.3 Å². The number of rotatable bonds is 5. The van der Waals surface area contributed by atoms with Gasteiger partial charge < -0.3 is 9.47 Å². The smallest absolute Gasteiger partial charge is 0.307 e. The molecule has 110 valence electrons. The molecule has 0 aromatic heterocycles. The van der Waals surface area contributed by atoms with Crippen LogP contribution in [0.5, 0.6) is 0 Å². The standard InChI is InChI=1S/C15H20FNO3/c1-2-20-15(18)11-14(17-7-9-19-10-8-17)12-3-5-13(16)6-4-12/h3-6,14H,2,7-11H2,1H3. The maximum Gasteiger partial charge on any atom is 0.307 e. The highest BCUT2D eigenvalue weighted by atomic mass is 19.1. The molecule has 0 N–H and O–H groups in total. The molecule has 0 aliphatic carbocycles. The molecule has 5 heteroatoms. The number of benzene rings is 1. The summed E-state index contributed by atoms with van der Waals surface area (Å²) < 4.78 is 23.4. The first-order chi connectivity index (χ1) is 9.70. The van der Waals surface area contributed by atoms with E-state index in [1.165, 1.54) is 12.1 Å². The number of ether oxygens (including phenoxy) is 2. The van der Waals surface area contributed by atoms with Gasteiger partial charge in [-0.2, -0.15) is 0 Å². The van der Waals surface area contributed by atoms with Crippen LogP contribution in [0.3, 0.4) is 0 Å². The number of esters is 1. The number of hydrogen-bond donors (Lipinski definition) is 0. The summed E-state index contributed by atoms with van der Waals surface area (Å²) in [5.74, 6) is -0.501. The lowest BCUT2D eigenvalue weighted by atomic mass is 10.0. The van der Waals surface area contributed by atoms with Crippen LogP contribution in [0.25, 0.3) is 0 Å². The summed E-state index contributed by atoms with van der Waals surface area (Å²) in [5.41, 5.74) is 0.932. The van der Waals surface area contributed by atoms with Crippen molar-refractivity contribution >= 4 is 5.97 Å². The zero-order valence-corrected chi connectivity index (χ0v) is 11.7. The van der Waals surface area contributed by atoms with E-state index in [1.54, 1.807) is 19.1 Å². The second-order valence-corrected chi connectivity index (χ2v) is 4.72. The number of hydrogen-bond acceptors (Lipinski definition) is 4. The molecular formula is C15H20FNO3. The third-order valence-corrected chi connectivity index (χ3v) is 3.41. The summed E-state index contributed by atoms with van der Waals surface area (Å²) in [6.45, 7) is 5.00. The molecule has 0 amide bonds. The van der Waals surface area contributed by atoms with Crippen molar-refractivity contribution in [3.8, 4) is 0 Å². The van der Waals surface area contributed by atoms with E-state index in [0.29, 0.717) is 19.8 Å². The number of carbonyl (C=O) groups is 1. The Morgan fingerprint density at radius 1 is 1.35 bits per heavy atom. The summed E-state index contributed by atoms with van der Waals surface area (Å²) >= 11 is 0. The Hall–Kier alpha value is -1.46. The minimum atomic E-state index is -0.273. The number of nitrogens with zero attached hydrogens (tertiary/aromatic N) is 1. The zero-order valence-electron chi connectivity index (χ0n) is 11.7. The molecule has 0 spiro atoms. The fraction of sp³-hybridized carbons (Fsp3) is 0.533. The Morgan fingerprint density at radius 3 is 2.60 bits per heavy atom. The lowest BCUT2D eigenvalue weighted by molar-refractivity contribution is -0.145. The number of morpholine rings is 1. The van der Waals surface area contributed by atoms with E-state index in [1.807, 2.05) is 0 Å². The third-order valence-electron chi connectivity index (χ3n) is 3.41. The Morgan fingerprint density at radius 2 is 2.00 bits per heavy atom. The largest absolute Gasteiger partial charge is 0.466 e. The van der Waals surface area contributed by atoms with E-state index in [9.17, 15) is 9.18 Å². The lowest BCUT2D eigenvalue weighted by Gasteiger charge is -2.34. The van der Waals surface area contributed by atoms with Gasteiger partial charge >= 0.3 is 5.97 Å². The first-order valence-corrected chi connectivity index (χ1v) is 6.93. The van der Waals surface area contributed by atoms with Crippen LogP contribution in [0.4, 0.5) is 4.39 Å². The fourth-order valence-corrected chi connectivity index (χ4v) is 2.41. The molecule has 1 fully saturated rings. The van der Waals surface area contributed by atoms with E-state index >= 15 is 0 Å². The minimum Gasteiger partial charge on any atom is -0.466 e. The molecule has 0 radical (unpaired) electrons. The van der Waals surface area contributed by atoms with Gasteiger partial charge in [-0.1, -0.05) is 12.1 Å². The van der Waals surface area contributed by atoms with Crippen molar-refractivity contribution < 1.29 is 18.7 Å². The summed E-state index contributed by atoms with van der Waals surface area (Å²) in [7, 11) is 0. The monoisotopic (exact) mass is 281 g/mol. The molecule has 1 saturated heterocycles. The first kappa shape index (κ1) is 14.9. The predicted octanol–water partition coefficient (Wildman–Crippen LogP) is 2.15. The molecule has 20 heavy (non-hydrogen) atoms. The van der Waals surface area contributed by atoms with Crippen LogP contribution < -0.4 is 0 Å². The highest BCUT2D eigenvalue weighted by Crippen LogP contribution is 2.26. The maximum absolute atomic E-state index is 13.1. The van der Waals surface area contributed by atoms with Gasteiger partial charge in [-0.05, 0) is 24.6 Å². The van der Waals surface area contributed by atoms with Crippen LogP contribution in [0.2, 0.25) is 0 Å². The molecule has 2 rings (SSSR count). The molecule has 1 unspecified atom stereocenters. The molecule has 1 aromatic carbocycles. The average molecular weight is 281 g/mol. The highest BCUT2D eigenvalue weighted by molar-refractivity contribution is 5.70. The molecule has 0 bridgehead atoms. The van der Waals surface area contributed by atoms with Crippen molar-refractivity contribution in [2.45, 2.75) is 19.4 Å².